The van der Waals surface area contributed by atoms with Gasteiger partial charge in [-0.15, -0.1) is 0 Å². The average Bonchev–Trinajstić information content (AvgIpc) is 2.33. The second-order valence-electron chi connectivity index (χ2n) is 3.24. The van der Waals surface area contributed by atoms with Gasteiger partial charge in [0.05, 0.1) is 10.2 Å². The summed E-state index contributed by atoms with van der Waals surface area (Å²) >= 11 is 3.31. The first-order valence-electron chi connectivity index (χ1n) is 4.67. The highest BCUT2D eigenvalue weighted by atomic mass is 79.9. The summed E-state index contributed by atoms with van der Waals surface area (Å²) in [5.74, 6) is 5.44. The van der Waals surface area contributed by atoms with Crippen molar-refractivity contribution in [2.24, 2.45) is 5.84 Å². The number of nitrogen functional groups attached to an aromatic ring is 2. The van der Waals surface area contributed by atoms with E-state index in [4.69, 9.17) is 11.6 Å². The lowest BCUT2D eigenvalue weighted by molar-refractivity contribution is 0.628. The van der Waals surface area contributed by atoms with Gasteiger partial charge in [0.15, 0.2) is 5.82 Å². The maximum atomic E-state index is 12.8. The van der Waals surface area contributed by atoms with Crippen LogP contribution in [0.2, 0.25) is 0 Å². The van der Waals surface area contributed by atoms with Crippen LogP contribution >= 0.6 is 15.9 Å². The number of anilines is 2. The molecule has 0 atom stereocenters. The minimum Gasteiger partial charge on any atom is -0.368 e. The molecule has 5 N–H and O–H groups in total. The SMILES string of the molecule is NNc1nc(N)nc(-c2ccc(F)cc2)c1Br. The zero-order valence-corrected chi connectivity index (χ0v) is 10.2. The summed E-state index contributed by atoms with van der Waals surface area (Å²) in [5, 5.41) is 0. The zero-order valence-electron chi connectivity index (χ0n) is 8.61. The average molecular weight is 298 g/mol. The molecule has 88 valence electrons. The van der Waals surface area contributed by atoms with Gasteiger partial charge < -0.3 is 11.2 Å². The van der Waals surface area contributed by atoms with E-state index < -0.39 is 0 Å². The molecular weight excluding hydrogens is 289 g/mol. The molecule has 0 saturated heterocycles. The Kier molecular flexibility index (Phi) is 3.21. The van der Waals surface area contributed by atoms with Crippen LogP contribution in [0.1, 0.15) is 0 Å². The molecule has 0 spiro atoms. The zero-order chi connectivity index (χ0) is 12.4. The highest BCUT2D eigenvalue weighted by Crippen LogP contribution is 2.31. The van der Waals surface area contributed by atoms with Crippen molar-refractivity contribution >= 4 is 27.7 Å². The van der Waals surface area contributed by atoms with Gasteiger partial charge in [0.1, 0.15) is 5.82 Å². The van der Waals surface area contributed by atoms with E-state index in [-0.39, 0.29) is 11.8 Å². The van der Waals surface area contributed by atoms with Crippen molar-refractivity contribution in [2.45, 2.75) is 0 Å². The van der Waals surface area contributed by atoms with Gasteiger partial charge in [-0.05, 0) is 40.2 Å². The molecule has 0 amide bonds. The second kappa shape index (κ2) is 4.64. The Morgan fingerprint density at radius 3 is 2.41 bits per heavy atom. The number of halogens is 2. The minimum absolute atomic E-state index is 0.0838. The van der Waals surface area contributed by atoms with Crippen molar-refractivity contribution in [2.75, 3.05) is 11.2 Å². The Labute approximate surface area is 105 Å². The lowest BCUT2D eigenvalue weighted by Crippen LogP contribution is -2.11. The third-order valence-corrected chi connectivity index (χ3v) is 2.87. The molecule has 0 radical (unpaired) electrons. The first-order valence-corrected chi connectivity index (χ1v) is 5.46. The van der Waals surface area contributed by atoms with Crippen molar-refractivity contribution in [3.63, 3.8) is 0 Å². The number of benzene rings is 1. The molecular formula is C10H9BrFN5. The Morgan fingerprint density at radius 2 is 1.82 bits per heavy atom. The van der Waals surface area contributed by atoms with E-state index in [9.17, 15) is 4.39 Å². The number of hydrazine groups is 1. The standard InChI is InChI=1S/C10H9BrFN5/c11-7-8(5-1-3-6(12)4-2-5)15-10(13)16-9(7)17-14/h1-4H,14H2,(H3,13,15,16,17). The molecule has 1 heterocycles. The molecule has 2 aromatic rings. The molecule has 17 heavy (non-hydrogen) atoms. The van der Waals surface area contributed by atoms with Gasteiger partial charge in [0.25, 0.3) is 0 Å². The van der Waals surface area contributed by atoms with Gasteiger partial charge in [-0.3, -0.25) is 0 Å². The number of nitrogens with one attached hydrogen (secondary N) is 1. The fourth-order valence-electron chi connectivity index (χ4n) is 1.36. The van der Waals surface area contributed by atoms with E-state index in [0.29, 0.717) is 21.5 Å². The summed E-state index contributed by atoms with van der Waals surface area (Å²) < 4.78 is 13.4. The maximum Gasteiger partial charge on any atom is 0.222 e. The van der Waals surface area contributed by atoms with Gasteiger partial charge in [-0.1, -0.05) is 0 Å². The molecule has 5 nitrogen and oxygen atoms in total. The topological polar surface area (TPSA) is 89.8 Å². The Balaban J connectivity index is 2.58. The summed E-state index contributed by atoms with van der Waals surface area (Å²) in [4.78, 5) is 7.99. The summed E-state index contributed by atoms with van der Waals surface area (Å²) in [5.41, 5.74) is 9.22. The summed E-state index contributed by atoms with van der Waals surface area (Å²) in [6.45, 7) is 0. The Bertz CT molecular complexity index is 543. The predicted molar refractivity (Wildman–Crippen MR) is 67.3 cm³/mol. The van der Waals surface area contributed by atoms with E-state index in [2.05, 4.69) is 31.3 Å². The third-order valence-electron chi connectivity index (χ3n) is 2.12. The third kappa shape index (κ3) is 2.34. The molecule has 0 unspecified atom stereocenters. The van der Waals surface area contributed by atoms with Crippen LogP contribution in [-0.2, 0) is 0 Å². The first kappa shape index (κ1) is 11.7. The number of aromatic nitrogens is 2. The highest BCUT2D eigenvalue weighted by molar-refractivity contribution is 9.10. The van der Waals surface area contributed by atoms with Gasteiger partial charge in [0.2, 0.25) is 5.95 Å². The van der Waals surface area contributed by atoms with Crippen LogP contribution in [0.4, 0.5) is 16.2 Å². The lowest BCUT2D eigenvalue weighted by Gasteiger charge is -2.09. The van der Waals surface area contributed by atoms with Crippen LogP contribution in [0.25, 0.3) is 11.3 Å². The number of hydrogen-bond donors (Lipinski definition) is 3. The largest absolute Gasteiger partial charge is 0.368 e. The summed E-state index contributed by atoms with van der Waals surface area (Å²) in [6, 6.07) is 5.88. The van der Waals surface area contributed by atoms with Gasteiger partial charge in [-0.2, -0.15) is 4.98 Å². The molecule has 2 rings (SSSR count). The van der Waals surface area contributed by atoms with E-state index >= 15 is 0 Å². The normalized spacial score (nSPS) is 10.3. The Hall–Kier alpha value is -1.73. The molecule has 7 heteroatoms. The quantitative estimate of drug-likeness (QED) is 0.582. The van der Waals surface area contributed by atoms with Crippen molar-refractivity contribution in [3.8, 4) is 11.3 Å². The van der Waals surface area contributed by atoms with E-state index in [1.165, 1.54) is 12.1 Å². The van der Waals surface area contributed by atoms with Crippen LogP contribution in [0.3, 0.4) is 0 Å². The van der Waals surface area contributed by atoms with Crippen LogP contribution in [0.15, 0.2) is 28.7 Å². The highest BCUT2D eigenvalue weighted by Gasteiger charge is 2.12. The van der Waals surface area contributed by atoms with E-state index in [0.717, 1.165) is 0 Å². The van der Waals surface area contributed by atoms with Gasteiger partial charge in [0, 0.05) is 5.56 Å². The molecule has 0 aliphatic heterocycles. The predicted octanol–water partition coefficient (Wildman–Crippen LogP) is 1.91. The lowest BCUT2D eigenvalue weighted by atomic mass is 10.1. The maximum absolute atomic E-state index is 12.8. The second-order valence-corrected chi connectivity index (χ2v) is 4.04. The summed E-state index contributed by atoms with van der Waals surface area (Å²) in [7, 11) is 0. The van der Waals surface area contributed by atoms with E-state index in [1.54, 1.807) is 12.1 Å². The number of hydrogen-bond acceptors (Lipinski definition) is 5. The number of rotatable bonds is 2. The molecule has 1 aromatic carbocycles. The smallest absolute Gasteiger partial charge is 0.222 e. The molecule has 1 aromatic heterocycles. The number of nitrogens with zero attached hydrogens (tertiary/aromatic N) is 2. The first-order chi connectivity index (χ1) is 8.11. The van der Waals surface area contributed by atoms with Crippen molar-refractivity contribution in [1.29, 1.82) is 0 Å². The molecule has 0 aliphatic rings. The van der Waals surface area contributed by atoms with Crippen molar-refractivity contribution in [1.82, 2.24) is 9.97 Å². The van der Waals surface area contributed by atoms with Crippen LogP contribution in [-0.4, -0.2) is 9.97 Å². The van der Waals surface area contributed by atoms with Crippen molar-refractivity contribution in [3.05, 3.63) is 34.6 Å². The van der Waals surface area contributed by atoms with Crippen LogP contribution in [0.5, 0.6) is 0 Å². The monoisotopic (exact) mass is 297 g/mol. The molecule has 0 fully saturated rings. The van der Waals surface area contributed by atoms with Crippen LogP contribution in [0, 0.1) is 5.82 Å². The molecule has 0 bridgehead atoms. The van der Waals surface area contributed by atoms with E-state index in [1.807, 2.05) is 0 Å². The Morgan fingerprint density at radius 1 is 1.18 bits per heavy atom. The van der Waals surface area contributed by atoms with Crippen LogP contribution < -0.4 is 17.0 Å². The van der Waals surface area contributed by atoms with Gasteiger partial charge in [-0.25, -0.2) is 15.2 Å². The number of nitrogens with two attached hydrogens (primary N) is 2. The fourth-order valence-corrected chi connectivity index (χ4v) is 1.88. The molecule has 0 aliphatic carbocycles. The molecule has 0 saturated carbocycles. The fraction of sp³-hybridized carbons (Fsp3) is 0. The summed E-state index contributed by atoms with van der Waals surface area (Å²) in [6.07, 6.45) is 0. The van der Waals surface area contributed by atoms with Crippen molar-refractivity contribution < 1.29 is 4.39 Å². The van der Waals surface area contributed by atoms with Gasteiger partial charge >= 0.3 is 0 Å². The minimum atomic E-state index is -0.316.